The van der Waals surface area contributed by atoms with Crippen LogP contribution >= 0.6 is 37.9 Å². The molecule has 1 rings (SSSR count). The summed E-state index contributed by atoms with van der Waals surface area (Å²) < 4.78 is 2.61. The van der Waals surface area contributed by atoms with Crippen molar-refractivity contribution in [2.24, 2.45) is 0 Å². The summed E-state index contributed by atoms with van der Waals surface area (Å²) in [6.07, 6.45) is 0. The van der Waals surface area contributed by atoms with E-state index < -0.39 is 17.1 Å². The summed E-state index contributed by atoms with van der Waals surface area (Å²) in [7, 11) is 0. The minimum absolute atomic E-state index is 0.0791. The number of hydrogen-bond donors (Lipinski definition) is 3. The first-order valence-electron chi connectivity index (χ1n) is 9.08. The second-order valence-electron chi connectivity index (χ2n) is 5.41. The van der Waals surface area contributed by atoms with Gasteiger partial charge in [-0.25, -0.2) is 57.4 Å². The Morgan fingerprint density at radius 1 is 0.467 bits per heavy atom. The second-order valence-corrected chi connectivity index (χ2v) is 6.75. The van der Waals surface area contributed by atoms with E-state index in [4.69, 9.17) is 29.3 Å². The van der Waals surface area contributed by atoms with Crippen molar-refractivity contribution in [1.29, 1.82) is 0 Å². The molecule has 0 aromatic carbocycles. The van der Waals surface area contributed by atoms with E-state index in [9.17, 15) is 14.4 Å². The van der Waals surface area contributed by atoms with Crippen LogP contribution in [0.3, 0.4) is 0 Å². The molecule has 0 bridgehead atoms. The van der Waals surface area contributed by atoms with Crippen molar-refractivity contribution in [3.8, 4) is 0 Å². The summed E-state index contributed by atoms with van der Waals surface area (Å²) in [5, 5.41) is 0. The van der Waals surface area contributed by atoms with E-state index in [1.807, 2.05) is 0 Å². The molecule has 174 valence electrons. The highest BCUT2D eigenvalue weighted by molar-refractivity contribution is 7.80. The number of thiol groups is 3. The minimum atomic E-state index is -0.802. The van der Waals surface area contributed by atoms with Gasteiger partial charge in [-0.15, -0.1) is 0 Å². The lowest BCUT2D eigenvalue weighted by Crippen LogP contribution is -2.55. The highest BCUT2D eigenvalue weighted by Gasteiger charge is 2.15. The van der Waals surface area contributed by atoms with Gasteiger partial charge < -0.3 is 0 Å². The van der Waals surface area contributed by atoms with Gasteiger partial charge in [-0.1, -0.05) is 0 Å². The first kappa shape index (κ1) is 27.3. The lowest BCUT2D eigenvalue weighted by molar-refractivity contribution is -0.292. The van der Waals surface area contributed by atoms with Crippen LogP contribution < -0.4 is 17.1 Å². The zero-order valence-corrected chi connectivity index (χ0v) is 19.0. The summed E-state index contributed by atoms with van der Waals surface area (Å²) in [4.78, 5) is 67.1. The molecule has 0 aliphatic carbocycles. The van der Waals surface area contributed by atoms with E-state index in [2.05, 4.69) is 37.9 Å². The Bertz CT molecular complexity index is 638. The Balaban J connectivity index is 2.98. The van der Waals surface area contributed by atoms with Crippen molar-refractivity contribution in [2.75, 3.05) is 56.9 Å². The maximum atomic E-state index is 12.6. The van der Waals surface area contributed by atoms with Crippen LogP contribution in [-0.4, -0.2) is 70.6 Å². The smallest absolute Gasteiger partial charge is 0.247 e. The van der Waals surface area contributed by atoms with Gasteiger partial charge in [0.15, 0.2) is 0 Å². The van der Waals surface area contributed by atoms with Crippen LogP contribution in [0.4, 0.5) is 0 Å². The third-order valence-corrected chi connectivity index (χ3v) is 3.90. The van der Waals surface area contributed by atoms with Gasteiger partial charge in [-0.2, -0.15) is 37.9 Å². The van der Waals surface area contributed by atoms with Gasteiger partial charge in [0.2, 0.25) is 0 Å². The fourth-order valence-corrected chi connectivity index (χ4v) is 2.33. The summed E-state index contributed by atoms with van der Waals surface area (Å²) in [6, 6.07) is 0. The molecular formula is C15H27N3O9S3. The maximum Gasteiger partial charge on any atom is 0.336 e. The normalized spacial score (nSPS) is 11.3. The zero-order chi connectivity index (χ0) is 22.2. The Labute approximate surface area is 189 Å². The monoisotopic (exact) mass is 489 g/mol. The molecule has 1 aromatic rings. The molecule has 0 unspecified atom stereocenters. The molecule has 0 spiro atoms. The van der Waals surface area contributed by atoms with Gasteiger partial charge in [0, 0.05) is 17.3 Å². The molecular weight excluding hydrogens is 462 g/mol. The van der Waals surface area contributed by atoms with Crippen LogP contribution in [0, 0.1) is 0 Å². The van der Waals surface area contributed by atoms with Crippen molar-refractivity contribution in [1.82, 2.24) is 13.7 Å². The molecule has 0 N–H and O–H groups in total. The molecule has 0 radical (unpaired) electrons. The lowest BCUT2D eigenvalue weighted by atomic mass is 10.6. The van der Waals surface area contributed by atoms with E-state index in [1.165, 1.54) is 0 Å². The van der Waals surface area contributed by atoms with Gasteiger partial charge in [0.1, 0.15) is 19.8 Å². The molecule has 1 heterocycles. The lowest BCUT2D eigenvalue weighted by Gasteiger charge is -2.14. The van der Waals surface area contributed by atoms with Crippen LogP contribution in [0.2, 0.25) is 0 Å². The molecule has 0 aliphatic rings. The maximum absolute atomic E-state index is 12.6. The van der Waals surface area contributed by atoms with E-state index in [0.717, 1.165) is 13.7 Å². The molecule has 0 saturated carbocycles. The Hall–Kier alpha value is -0.780. The predicted octanol–water partition coefficient (Wildman–Crippen LogP) is -1.19. The van der Waals surface area contributed by atoms with Crippen LogP contribution in [0.5, 0.6) is 0 Å². The molecule has 1 aromatic heterocycles. The second kappa shape index (κ2) is 16.9. The minimum Gasteiger partial charge on any atom is -0.247 e. The van der Waals surface area contributed by atoms with Gasteiger partial charge >= 0.3 is 17.1 Å². The third kappa shape index (κ3) is 9.57. The van der Waals surface area contributed by atoms with E-state index in [0.29, 0.717) is 17.3 Å². The van der Waals surface area contributed by atoms with Crippen LogP contribution in [0.25, 0.3) is 0 Å². The standard InChI is InChI=1S/C15H27N3O9S3/c19-13-16(1-4-22-25-7-10-28)14(20)18(3-6-24-27-9-12-30)15(21)17(13)2-5-23-26-8-11-29/h28-30H,1-12H2. The van der Waals surface area contributed by atoms with Crippen molar-refractivity contribution >= 4 is 37.9 Å². The zero-order valence-electron chi connectivity index (χ0n) is 16.3. The average molecular weight is 490 g/mol. The highest BCUT2D eigenvalue weighted by Crippen LogP contribution is 1.87. The Morgan fingerprint density at radius 3 is 0.933 bits per heavy atom. The largest absolute Gasteiger partial charge is 0.336 e. The van der Waals surface area contributed by atoms with Crippen molar-refractivity contribution in [3.05, 3.63) is 31.5 Å². The van der Waals surface area contributed by atoms with E-state index >= 15 is 0 Å². The molecule has 12 nitrogen and oxygen atoms in total. The van der Waals surface area contributed by atoms with Gasteiger partial charge in [0.05, 0.1) is 39.5 Å². The predicted molar refractivity (Wildman–Crippen MR) is 116 cm³/mol. The number of nitrogens with zero attached hydrogens (tertiary/aromatic N) is 3. The summed E-state index contributed by atoms with van der Waals surface area (Å²) in [5.74, 6) is 1.34. The van der Waals surface area contributed by atoms with Crippen molar-refractivity contribution < 1.29 is 29.3 Å². The Morgan fingerprint density at radius 2 is 0.700 bits per heavy atom. The molecule has 0 amide bonds. The fourth-order valence-electron chi connectivity index (χ4n) is 2.11. The van der Waals surface area contributed by atoms with Gasteiger partial charge in [-0.3, -0.25) is 0 Å². The molecule has 30 heavy (non-hydrogen) atoms. The van der Waals surface area contributed by atoms with Gasteiger partial charge in [-0.05, 0) is 0 Å². The van der Waals surface area contributed by atoms with E-state index in [-0.39, 0.29) is 59.3 Å². The number of aromatic nitrogens is 3. The summed E-state index contributed by atoms with van der Waals surface area (Å²) in [5.41, 5.74) is -2.41. The van der Waals surface area contributed by atoms with Crippen LogP contribution in [0.15, 0.2) is 14.4 Å². The molecule has 15 heteroatoms. The van der Waals surface area contributed by atoms with Crippen LogP contribution in [-0.2, 0) is 49.0 Å². The molecule has 0 atom stereocenters. The van der Waals surface area contributed by atoms with Crippen molar-refractivity contribution in [3.63, 3.8) is 0 Å². The Kier molecular flexibility index (Phi) is 15.3. The van der Waals surface area contributed by atoms with Crippen molar-refractivity contribution in [2.45, 2.75) is 19.6 Å². The highest BCUT2D eigenvalue weighted by atomic mass is 32.1. The fraction of sp³-hybridized carbons (Fsp3) is 0.800. The first-order valence-corrected chi connectivity index (χ1v) is 11.0. The quantitative estimate of drug-likeness (QED) is 0.101. The summed E-state index contributed by atoms with van der Waals surface area (Å²) >= 11 is 11.9. The third-order valence-electron chi connectivity index (χ3n) is 3.35. The average Bonchev–Trinajstić information content (AvgIpc) is 2.74. The number of rotatable bonds is 18. The topological polar surface area (TPSA) is 121 Å². The first-order chi connectivity index (χ1) is 14.6. The number of hydrogen-bond acceptors (Lipinski definition) is 12. The molecule has 0 fully saturated rings. The van der Waals surface area contributed by atoms with E-state index in [1.54, 1.807) is 0 Å². The molecule has 0 saturated heterocycles. The van der Waals surface area contributed by atoms with Gasteiger partial charge in [0.25, 0.3) is 0 Å². The van der Waals surface area contributed by atoms with Crippen LogP contribution in [0.1, 0.15) is 0 Å². The molecule has 0 aliphatic heterocycles. The summed E-state index contributed by atoms with van der Waals surface area (Å²) in [6.45, 7) is 0.118. The SMILES string of the molecule is O=c1n(CCOOCCS)c(=O)n(CCOOCCS)c(=O)n1CCOOCCS.